The minimum absolute atomic E-state index is 0.167. The Morgan fingerprint density at radius 1 is 1.29 bits per heavy atom. The van der Waals surface area contributed by atoms with E-state index in [0.29, 0.717) is 0 Å². The third kappa shape index (κ3) is 2.72. The Labute approximate surface area is 149 Å². The summed E-state index contributed by atoms with van der Waals surface area (Å²) in [5.41, 5.74) is 0.822. The number of nitrogens with zero attached hydrogens (tertiary/aromatic N) is 6. The van der Waals surface area contributed by atoms with E-state index >= 15 is 0 Å². The Kier molecular flexibility index (Phi) is 4.07. The first-order chi connectivity index (χ1) is 11.6. The van der Waals surface area contributed by atoms with Gasteiger partial charge in [-0.15, -0.1) is 5.10 Å². The molecule has 8 heteroatoms. The van der Waals surface area contributed by atoms with Crippen LogP contribution < -0.4 is 4.90 Å². The van der Waals surface area contributed by atoms with Gasteiger partial charge in [-0.2, -0.15) is 0 Å². The van der Waals surface area contributed by atoms with Gasteiger partial charge in [0.15, 0.2) is 5.65 Å². The lowest BCUT2D eigenvalue weighted by atomic mass is 10.2. The lowest BCUT2D eigenvalue weighted by Crippen LogP contribution is -2.46. The molecule has 7 nitrogen and oxygen atoms in total. The number of hydrogen-bond donors (Lipinski definition) is 0. The highest BCUT2D eigenvalue weighted by Crippen LogP contribution is 2.23. The third-order valence-electron chi connectivity index (χ3n) is 5.02. The summed E-state index contributed by atoms with van der Waals surface area (Å²) >= 11 is 3.46. The number of halogens is 1. The van der Waals surface area contributed by atoms with E-state index in [0.717, 1.165) is 61.5 Å². The van der Waals surface area contributed by atoms with Crippen LogP contribution in [-0.2, 0) is 0 Å². The number of carbonyl (C=O) groups is 1. The molecule has 0 unspecified atom stereocenters. The van der Waals surface area contributed by atoms with Crippen LogP contribution in [0.3, 0.4) is 0 Å². The van der Waals surface area contributed by atoms with E-state index < -0.39 is 0 Å². The number of amides is 2. The molecule has 0 saturated carbocycles. The molecule has 4 rings (SSSR count). The van der Waals surface area contributed by atoms with Gasteiger partial charge in [0.2, 0.25) is 0 Å². The first-order valence-corrected chi connectivity index (χ1v) is 9.20. The number of likely N-dealkylation sites (N-methyl/N-ethyl adjacent to an activating group) is 1. The van der Waals surface area contributed by atoms with Gasteiger partial charge >= 0.3 is 6.03 Å². The SMILES string of the molecule is CN(C(=O)N1CCCC1)[C@H]1CCN(c2ccc3ncc(Br)n3n2)C1. The van der Waals surface area contributed by atoms with E-state index in [1.54, 1.807) is 10.7 Å². The van der Waals surface area contributed by atoms with Crippen molar-refractivity contribution in [1.29, 1.82) is 0 Å². The van der Waals surface area contributed by atoms with Crippen molar-refractivity contribution in [2.24, 2.45) is 0 Å². The Hall–Kier alpha value is -1.83. The number of aromatic nitrogens is 3. The monoisotopic (exact) mass is 392 g/mol. The molecule has 2 aromatic rings. The zero-order chi connectivity index (χ0) is 16.7. The van der Waals surface area contributed by atoms with E-state index in [-0.39, 0.29) is 12.1 Å². The largest absolute Gasteiger partial charge is 0.353 e. The molecule has 4 heterocycles. The Morgan fingerprint density at radius 2 is 2.08 bits per heavy atom. The summed E-state index contributed by atoms with van der Waals surface area (Å²) in [5.74, 6) is 0.922. The minimum atomic E-state index is 0.167. The van der Waals surface area contributed by atoms with Crippen molar-refractivity contribution >= 4 is 33.4 Å². The molecular weight excluding hydrogens is 372 g/mol. The van der Waals surface area contributed by atoms with Gasteiger partial charge in [-0.1, -0.05) is 0 Å². The normalized spacial score (nSPS) is 21.0. The molecule has 128 valence electrons. The molecule has 0 spiro atoms. The van der Waals surface area contributed by atoms with E-state index in [1.165, 1.54) is 0 Å². The fourth-order valence-corrected chi connectivity index (χ4v) is 3.92. The number of hydrogen-bond acceptors (Lipinski definition) is 4. The van der Waals surface area contributed by atoms with E-state index in [9.17, 15) is 4.79 Å². The summed E-state index contributed by atoms with van der Waals surface area (Å²) in [6, 6.07) is 4.38. The van der Waals surface area contributed by atoms with Gasteiger partial charge in [-0.25, -0.2) is 14.3 Å². The molecule has 1 atom stereocenters. The summed E-state index contributed by atoms with van der Waals surface area (Å²) in [7, 11) is 1.93. The van der Waals surface area contributed by atoms with Crippen LogP contribution in [0.15, 0.2) is 22.9 Å². The molecule has 0 N–H and O–H groups in total. The van der Waals surface area contributed by atoms with Gasteiger partial charge in [0.05, 0.1) is 12.2 Å². The van der Waals surface area contributed by atoms with Gasteiger partial charge in [-0.05, 0) is 47.3 Å². The number of fused-ring (bicyclic) bond motifs is 1. The van der Waals surface area contributed by atoms with E-state index in [2.05, 4.69) is 30.9 Å². The molecule has 2 amide bonds. The van der Waals surface area contributed by atoms with Crippen LogP contribution in [0.2, 0.25) is 0 Å². The Morgan fingerprint density at radius 3 is 2.88 bits per heavy atom. The van der Waals surface area contributed by atoms with Crippen LogP contribution in [-0.4, -0.2) is 69.7 Å². The van der Waals surface area contributed by atoms with Gasteiger partial charge in [0.25, 0.3) is 0 Å². The number of anilines is 1. The molecule has 0 radical (unpaired) electrons. The van der Waals surface area contributed by atoms with Gasteiger partial charge < -0.3 is 14.7 Å². The van der Waals surface area contributed by atoms with Crippen molar-refractivity contribution < 1.29 is 4.79 Å². The highest BCUT2D eigenvalue weighted by molar-refractivity contribution is 9.10. The number of imidazole rings is 1. The van der Waals surface area contributed by atoms with Crippen LogP contribution >= 0.6 is 15.9 Å². The van der Waals surface area contributed by atoms with Gasteiger partial charge in [-0.3, -0.25) is 0 Å². The molecule has 2 saturated heterocycles. The average molecular weight is 393 g/mol. The summed E-state index contributed by atoms with van der Waals surface area (Å²) in [5, 5.41) is 4.65. The highest BCUT2D eigenvalue weighted by atomic mass is 79.9. The van der Waals surface area contributed by atoms with Crippen molar-refractivity contribution in [3.05, 3.63) is 22.9 Å². The van der Waals surface area contributed by atoms with Crippen LogP contribution in [0.5, 0.6) is 0 Å². The van der Waals surface area contributed by atoms with Crippen molar-refractivity contribution in [1.82, 2.24) is 24.4 Å². The van der Waals surface area contributed by atoms with Crippen LogP contribution in [0, 0.1) is 0 Å². The first kappa shape index (κ1) is 15.7. The van der Waals surface area contributed by atoms with Crippen LogP contribution in [0.1, 0.15) is 19.3 Å². The molecule has 0 aromatic carbocycles. The smallest absolute Gasteiger partial charge is 0.320 e. The maximum Gasteiger partial charge on any atom is 0.320 e. The van der Waals surface area contributed by atoms with Crippen molar-refractivity contribution in [3.8, 4) is 0 Å². The minimum Gasteiger partial charge on any atom is -0.353 e. The first-order valence-electron chi connectivity index (χ1n) is 8.40. The predicted molar refractivity (Wildman–Crippen MR) is 95.3 cm³/mol. The predicted octanol–water partition coefficient (Wildman–Crippen LogP) is 2.22. The number of carbonyl (C=O) groups excluding carboxylic acids is 1. The number of likely N-dealkylation sites (tertiary alicyclic amines) is 1. The average Bonchev–Trinajstić information content (AvgIpc) is 3.34. The van der Waals surface area contributed by atoms with Crippen LogP contribution in [0.25, 0.3) is 5.65 Å². The maximum atomic E-state index is 12.6. The second-order valence-electron chi connectivity index (χ2n) is 6.52. The van der Waals surface area contributed by atoms with Gasteiger partial charge in [0, 0.05) is 33.2 Å². The lowest BCUT2D eigenvalue weighted by Gasteiger charge is -2.29. The number of urea groups is 1. The van der Waals surface area contributed by atoms with Crippen molar-refractivity contribution in [3.63, 3.8) is 0 Å². The van der Waals surface area contributed by atoms with Crippen LogP contribution in [0.4, 0.5) is 10.6 Å². The number of rotatable bonds is 2. The molecule has 2 aromatic heterocycles. The third-order valence-corrected chi connectivity index (χ3v) is 5.56. The molecule has 2 aliphatic heterocycles. The zero-order valence-corrected chi connectivity index (χ0v) is 15.3. The van der Waals surface area contributed by atoms with Crippen molar-refractivity contribution in [2.75, 3.05) is 38.1 Å². The van der Waals surface area contributed by atoms with E-state index in [4.69, 9.17) is 0 Å². The fraction of sp³-hybridized carbons (Fsp3) is 0.562. The Balaban J connectivity index is 1.46. The molecule has 2 aliphatic rings. The summed E-state index contributed by atoms with van der Waals surface area (Å²) < 4.78 is 2.64. The maximum absolute atomic E-state index is 12.6. The topological polar surface area (TPSA) is 57.0 Å². The quantitative estimate of drug-likeness (QED) is 0.785. The Bertz CT molecular complexity index is 756. The highest BCUT2D eigenvalue weighted by Gasteiger charge is 2.32. The standard InChI is InChI=1S/C16H21BrN6O/c1-20(16(24)21-7-2-3-8-21)12-6-9-22(11-12)15-5-4-14-18-10-13(17)23(14)19-15/h4-5,10,12H,2-3,6-9,11H2,1H3/t12-/m0/s1. The molecule has 0 bridgehead atoms. The zero-order valence-electron chi connectivity index (χ0n) is 13.7. The molecule has 0 aliphatic carbocycles. The molecule has 24 heavy (non-hydrogen) atoms. The molecule has 2 fully saturated rings. The van der Waals surface area contributed by atoms with E-state index in [1.807, 2.05) is 29.0 Å². The second kappa shape index (κ2) is 6.23. The summed E-state index contributed by atoms with van der Waals surface area (Å²) in [4.78, 5) is 23.0. The molecular formula is C16H21BrN6O. The summed E-state index contributed by atoms with van der Waals surface area (Å²) in [6.07, 6.45) is 4.97. The second-order valence-corrected chi connectivity index (χ2v) is 7.33. The summed E-state index contributed by atoms with van der Waals surface area (Å²) in [6.45, 7) is 3.52. The fourth-order valence-electron chi connectivity index (χ4n) is 3.56. The van der Waals surface area contributed by atoms with Crippen molar-refractivity contribution in [2.45, 2.75) is 25.3 Å². The lowest BCUT2D eigenvalue weighted by molar-refractivity contribution is 0.159. The van der Waals surface area contributed by atoms with Gasteiger partial charge in [0.1, 0.15) is 10.4 Å².